The van der Waals surface area contributed by atoms with Crippen molar-refractivity contribution in [2.24, 2.45) is 5.41 Å². The van der Waals surface area contributed by atoms with Crippen molar-refractivity contribution in [3.05, 3.63) is 42.1 Å². The molecule has 0 radical (unpaired) electrons. The molecule has 0 aliphatic rings. The summed E-state index contributed by atoms with van der Waals surface area (Å²) in [4.78, 5) is 16.8. The van der Waals surface area contributed by atoms with Gasteiger partial charge in [0.25, 0.3) is 0 Å². The SMILES string of the molecule is COC(C(=O)c1ccc2cccnc2c1)C(C)(C)C. The number of rotatable bonds is 3. The zero-order valence-corrected chi connectivity index (χ0v) is 11.8. The number of nitrogens with zero attached hydrogens (tertiary/aromatic N) is 1. The largest absolute Gasteiger partial charge is 0.373 e. The molecule has 3 nitrogen and oxygen atoms in total. The van der Waals surface area contributed by atoms with E-state index in [1.165, 1.54) is 0 Å². The molecule has 1 atom stereocenters. The topological polar surface area (TPSA) is 39.2 Å². The predicted octanol–water partition coefficient (Wildman–Crippen LogP) is 3.48. The van der Waals surface area contributed by atoms with Crippen LogP contribution in [0.4, 0.5) is 0 Å². The molecule has 0 fully saturated rings. The van der Waals surface area contributed by atoms with E-state index in [4.69, 9.17) is 4.74 Å². The summed E-state index contributed by atoms with van der Waals surface area (Å²) in [5, 5.41) is 1.03. The van der Waals surface area contributed by atoms with E-state index in [0.29, 0.717) is 5.56 Å². The molecule has 0 aliphatic carbocycles. The average molecular weight is 257 g/mol. The van der Waals surface area contributed by atoms with Gasteiger partial charge < -0.3 is 4.74 Å². The Morgan fingerprint density at radius 1 is 1.26 bits per heavy atom. The Bertz CT molecular complexity index is 599. The molecular formula is C16H19NO2. The average Bonchev–Trinajstić information content (AvgIpc) is 2.37. The van der Waals surface area contributed by atoms with E-state index < -0.39 is 6.10 Å². The Morgan fingerprint density at radius 2 is 2.00 bits per heavy atom. The molecule has 2 aromatic rings. The number of carbonyl (C=O) groups excluding carboxylic acids is 1. The van der Waals surface area contributed by atoms with Gasteiger partial charge in [0.2, 0.25) is 0 Å². The van der Waals surface area contributed by atoms with Crippen molar-refractivity contribution in [2.75, 3.05) is 7.11 Å². The fourth-order valence-corrected chi connectivity index (χ4v) is 2.22. The first-order chi connectivity index (χ1) is 8.93. The number of ether oxygens (including phenoxy) is 1. The monoisotopic (exact) mass is 257 g/mol. The van der Waals surface area contributed by atoms with E-state index in [1.54, 1.807) is 13.3 Å². The molecule has 1 heterocycles. The Balaban J connectivity index is 2.41. The summed E-state index contributed by atoms with van der Waals surface area (Å²) in [7, 11) is 1.58. The van der Waals surface area contributed by atoms with E-state index in [-0.39, 0.29) is 11.2 Å². The quantitative estimate of drug-likeness (QED) is 0.790. The lowest BCUT2D eigenvalue weighted by atomic mass is 9.84. The van der Waals surface area contributed by atoms with Crippen LogP contribution in [0.15, 0.2) is 36.5 Å². The summed E-state index contributed by atoms with van der Waals surface area (Å²) < 4.78 is 5.37. The number of methoxy groups -OCH3 is 1. The molecule has 1 aromatic heterocycles. The fraction of sp³-hybridized carbons (Fsp3) is 0.375. The van der Waals surface area contributed by atoms with Gasteiger partial charge in [0.05, 0.1) is 5.52 Å². The number of pyridine rings is 1. The minimum absolute atomic E-state index is 0.00236. The van der Waals surface area contributed by atoms with Crippen LogP contribution in [0.5, 0.6) is 0 Å². The molecular weight excluding hydrogens is 238 g/mol. The lowest BCUT2D eigenvalue weighted by Crippen LogP contribution is -2.36. The van der Waals surface area contributed by atoms with E-state index in [9.17, 15) is 4.79 Å². The lowest BCUT2D eigenvalue weighted by molar-refractivity contribution is 0.0196. The maximum absolute atomic E-state index is 12.5. The Hall–Kier alpha value is -1.74. The molecule has 0 aliphatic heterocycles. The summed E-state index contributed by atoms with van der Waals surface area (Å²) in [5.41, 5.74) is 1.25. The van der Waals surface area contributed by atoms with E-state index >= 15 is 0 Å². The first-order valence-electron chi connectivity index (χ1n) is 6.35. The van der Waals surface area contributed by atoms with Gasteiger partial charge >= 0.3 is 0 Å². The van der Waals surface area contributed by atoms with Gasteiger partial charge in [0.1, 0.15) is 6.10 Å². The van der Waals surface area contributed by atoms with Gasteiger partial charge in [-0.05, 0) is 17.5 Å². The Labute approximate surface area is 113 Å². The third kappa shape index (κ3) is 2.82. The highest BCUT2D eigenvalue weighted by Gasteiger charge is 2.31. The summed E-state index contributed by atoms with van der Waals surface area (Å²) >= 11 is 0. The molecule has 0 spiro atoms. The number of Topliss-reactive ketones (excluding diaryl/α,β-unsaturated/α-hetero) is 1. The van der Waals surface area contributed by atoms with Gasteiger partial charge in [-0.2, -0.15) is 0 Å². The van der Waals surface area contributed by atoms with Crippen LogP contribution in [-0.4, -0.2) is 24.0 Å². The molecule has 2 rings (SSSR count). The highest BCUT2D eigenvalue weighted by atomic mass is 16.5. The van der Waals surface area contributed by atoms with Crippen molar-refractivity contribution >= 4 is 16.7 Å². The van der Waals surface area contributed by atoms with E-state index in [0.717, 1.165) is 10.9 Å². The maximum atomic E-state index is 12.5. The van der Waals surface area contributed by atoms with Crippen LogP contribution in [0.1, 0.15) is 31.1 Å². The molecule has 3 heteroatoms. The van der Waals surface area contributed by atoms with Crippen LogP contribution < -0.4 is 0 Å². The molecule has 0 saturated heterocycles. The highest BCUT2D eigenvalue weighted by molar-refractivity contribution is 6.02. The van der Waals surface area contributed by atoms with Crippen molar-refractivity contribution in [1.82, 2.24) is 4.98 Å². The van der Waals surface area contributed by atoms with Crippen molar-refractivity contribution < 1.29 is 9.53 Å². The molecule has 0 N–H and O–H groups in total. The number of benzene rings is 1. The van der Waals surface area contributed by atoms with Gasteiger partial charge in [-0.25, -0.2) is 0 Å². The van der Waals surface area contributed by atoms with Crippen LogP contribution in [0, 0.1) is 5.41 Å². The number of aromatic nitrogens is 1. The number of carbonyl (C=O) groups is 1. The van der Waals surface area contributed by atoms with E-state index in [1.807, 2.05) is 51.1 Å². The molecule has 100 valence electrons. The molecule has 1 unspecified atom stereocenters. The fourth-order valence-electron chi connectivity index (χ4n) is 2.22. The number of ketones is 1. The van der Waals surface area contributed by atoms with Crippen LogP contribution in [0.3, 0.4) is 0 Å². The van der Waals surface area contributed by atoms with Crippen molar-refractivity contribution in [2.45, 2.75) is 26.9 Å². The summed E-state index contributed by atoms with van der Waals surface area (Å²) in [6, 6.07) is 9.45. The molecule has 0 bridgehead atoms. The number of fused-ring (bicyclic) bond motifs is 1. The second-order valence-electron chi connectivity index (χ2n) is 5.76. The minimum atomic E-state index is -0.450. The van der Waals surface area contributed by atoms with E-state index in [2.05, 4.69) is 4.98 Å². The van der Waals surface area contributed by atoms with Crippen molar-refractivity contribution in [3.8, 4) is 0 Å². The Kier molecular flexibility index (Phi) is 3.67. The standard InChI is InChI=1S/C16H19NO2/c1-16(2,3)15(19-4)14(18)12-8-7-11-6-5-9-17-13(11)10-12/h5-10,15H,1-4H3. The van der Waals surface area contributed by atoms with Gasteiger partial charge in [0.15, 0.2) is 5.78 Å². The number of hydrogen-bond donors (Lipinski definition) is 0. The zero-order chi connectivity index (χ0) is 14.0. The maximum Gasteiger partial charge on any atom is 0.192 e. The van der Waals surface area contributed by atoms with Crippen molar-refractivity contribution in [3.63, 3.8) is 0 Å². The summed E-state index contributed by atoms with van der Waals surface area (Å²) in [6.45, 7) is 6.00. The van der Waals surface area contributed by atoms with Crippen LogP contribution in [0.25, 0.3) is 10.9 Å². The normalized spacial score (nSPS) is 13.5. The van der Waals surface area contributed by atoms with Gasteiger partial charge in [-0.1, -0.05) is 39.0 Å². The predicted molar refractivity (Wildman–Crippen MR) is 76.3 cm³/mol. The third-order valence-electron chi connectivity index (χ3n) is 3.15. The first kappa shape index (κ1) is 13.7. The molecule has 19 heavy (non-hydrogen) atoms. The smallest absolute Gasteiger partial charge is 0.192 e. The first-order valence-corrected chi connectivity index (χ1v) is 6.35. The van der Waals surface area contributed by atoms with Crippen LogP contribution in [0.2, 0.25) is 0 Å². The summed E-state index contributed by atoms with van der Waals surface area (Å²) in [5.74, 6) is 0.00236. The van der Waals surface area contributed by atoms with Gasteiger partial charge in [0, 0.05) is 24.3 Å². The molecule has 1 aromatic carbocycles. The zero-order valence-electron chi connectivity index (χ0n) is 11.8. The second-order valence-corrected chi connectivity index (χ2v) is 5.76. The molecule has 0 saturated carbocycles. The second kappa shape index (κ2) is 5.10. The Morgan fingerprint density at radius 3 is 2.63 bits per heavy atom. The van der Waals surface area contributed by atoms with Crippen LogP contribution in [-0.2, 0) is 4.74 Å². The highest BCUT2D eigenvalue weighted by Crippen LogP contribution is 2.26. The minimum Gasteiger partial charge on any atom is -0.373 e. The summed E-state index contributed by atoms with van der Waals surface area (Å²) in [6.07, 6.45) is 1.28. The lowest BCUT2D eigenvalue weighted by Gasteiger charge is -2.28. The van der Waals surface area contributed by atoms with Gasteiger partial charge in [-0.3, -0.25) is 9.78 Å². The molecule has 0 amide bonds. The van der Waals surface area contributed by atoms with Gasteiger partial charge in [-0.15, -0.1) is 0 Å². The number of hydrogen-bond acceptors (Lipinski definition) is 3. The third-order valence-corrected chi connectivity index (χ3v) is 3.15. The van der Waals surface area contributed by atoms with Crippen molar-refractivity contribution in [1.29, 1.82) is 0 Å². The van der Waals surface area contributed by atoms with Crippen LogP contribution >= 0.6 is 0 Å².